The second kappa shape index (κ2) is 13.9. The monoisotopic (exact) mass is 720 g/mol. The maximum absolute atomic E-state index is 13.2. The summed E-state index contributed by atoms with van der Waals surface area (Å²) in [6, 6.07) is 19.3. The van der Waals surface area contributed by atoms with Crippen molar-refractivity contribution in [2.45, 2.75) is 25.2 Å². The van der Waals surface area contributed by atoms with E-state index < -0.39 is 23.7 Å². The van der Waals surface area contributed by atoms with Gasteiger partial charge in [-0.05, 0) is 39.9 Å². The number of rotatable bonds is 8. The van der Waals surface area contributed by atoms with E-state index in [0.29, 0.717) is 25.9 Å². The molecule has 4 heterocycles. The number of benzene rings is 2. The summed E-state index contributed by atoms with van der Waals surface area (Å²) in [4.78, 5) is 23.1. The zero-order valence-corrected chi connectivity index (χ0v) is 26.5. The first-order valence-electron chi connectivity index (χ1n) is 14.1. The minimum absolute atomic E-state index is 0.0515. The predicted molar refractivity (Wildman–Crippen MR) is 168 cm³/mol. The van der Waals surface area contributed by atoms with Gasteiger partial charge in [-0.25, -0.2) is 19.9 Å². The number of hydrogen-bond acceptors (Lipinski definition) is 8. The van der Waals surface area contributed by atoms with Crippen LogP contribution >= 0.6 is 15.9 Å². The van der Waals surface area contributed by atoms with Gasteiger partial charge in [0.05, 0.1) is 6.33 Å². The number of aromatic nitrogens is 8. The third-order valence-corrected chi connectivity index (χ3v) is 7.55. The average molecular weight is 722 g/mol. The van der Waals surface area contributed by atoms with Crippen molar-refractivity contribution in [3.8, 4) is 0 Å². The molecule has 0 spiro atoms. The number of hydrogen-bond donors (Lipinski definition) is 2. The first kappa shape index (κ1) is 33.6. The van der Waals surface area contributed by atoms with Crippen molar-refractivity contribution in [1.29, 1.82) is 0 Å². The van der Waals surface area contributed by atoms with E-state index in [4.69, 9.17) is 0 Å². The van der Waals surface area contributed by atoms with Crippen LogP contribution in [0.2, 0.25) is 0 Å². The Morgan fingerprint density at radius 1 is 0.638 bits per heavy atom. The van der Waals surface area contributed by atoms with Gasteiger partial charge in [-0.2, -0.15) is 36.3 Å². The molecule has 2 N–H and O–H groups in total. The number of alkyl halides is 6. The maximum atomic E-state index is 13.2. The first-order chi connectivity index (χ1) is 22.3. The number of halogens is 7. The fourth-order valence-electron chi connectivity index (χ4n) is 4.52. The molecule has 0 bridgehead atoms. The van der Waals surface area contributed by atoms with Crippen LogP contribution in [0.5, 0.6) is 0 Å². The molecular weight excluding hydrogens is 694 g/mol. The Hall–Kier alpha value is -4.80. The zero-order valence-electron chi connectivity index (χ0n) is 24.9. The van der Waals surface area contributed by atoms with Crippen LogP contribution in [0, 0.1) is 0 Å². The van der Waals surface area contributed by atoms with Crippen molar-refractivity contribution < 1.29 is 26.3 Å². The molecule has 0 saturated carbocycles. The Morgan fingerprint density at radius 3 is 1.60 bits per heavy atom. The summed E-state index contributed by atoms with van der Waals surface area (Å²) in [5, 5.41) is 5.71. The van der Waals surface area contributed by atoms with E-state index in [0.717, 1.165) is 11.1 Å². The average Bonchev–Trinajstić information content (AvgIpc) is 3.54. The Bertz CT molecular complexity index is 1960. The lowest BCUT2D eigenvalue weighted by molar-refractivity contribution is -0.140. The Kier molecular flexibility index (Phi) is 9.93. The SMILES string of the molecule is Cn1c(Br)nc2c(C(F)(F)F)nc(NCCc3ccccc3)nc21.Cn1cnc2c(C(F)(F)F)nc(NCCc3ccccc3)nc21. The molecule has 0 fully saturated rings. The normalized spacial score (nSPS) is 11.9. The van der Waals surface area contributed by atoms with Crippen LogP contribution in [0.3, 0.4) is 0 Å². The van der Waals surface area contributed by atoms with E-state index in [1.165, 1.54) is 15.5 Å². The van der Waals surface area contributed by atoms with E-state index in [-0.39, 0.29) is 39.0 Å². The van der Waals surface area contributed by atoms with Crippen molar-refractivity contribution in [3.63, 3.8) is 0 Å². The number of aryl methyl sites for hydroxylation is 2. The summed E-state index contributed by atoms with van der Waals surface area (Å²) in [5.74, 6) is -0.120. The predicted octanol–water partition coefficient (Wildman–Crippen LogP) is 6.84. The third kappa shape index (κ3) is 8.14. The molecule has 2 aromatic carbocycles. The van der Waals surface area contributed by atoms with Crippen LogP contribution in [0.4, 0.5) is 38.2 Å². The Balaban J connectivity index is 0.000000185. The minimum atomic E-state index is -4.61. The zero-order chi connectivity index (χ0) is 33.8. The van der Waals surface area contributed by atoms with E-state index in [2.05, 4.69) is 56.5 Å². The van der Waals surface area contributed by atoms with Gasteiger partial charge in [-0.1, -0.05) is 60.7 Å². The number of nitrogens with zero attached hydrogens (tertiary/aromatic N) is 8. The van der Waals surface area contributed by atoms with E-state index >= 15 is 0 Å². The largest absolute Gasteiger partial charge is 0.435 e. The number of imidazole rings is 2. The molecule has 0 aliphatic carbocycles. The molecule has 0 atom stereocenters. The standard InChI is InChI=1S/C15H13BrF3N5.C15H14F3N5/c1-24-12-10(21-13(24)16)11(15(17,18)19)22-14(23-12)20-8-7-9-5-3-2-4-6-9;1-23-9-20-11-12(15(16,17)18)21-14(22-13(11)23)19-8-7-10-5-3-2-4-6-10/h2-6H,7-8H2,1H3,(H,20,22,23);2-6,9H,7-8H2,1H3,(H,19,21,22). The fourth-order valence-corrected chi connectivity index (χ4v) is 4.87. The van der Waals surface area contributed by atoms with Gasteiger partial charge in [0.15, 0.2) is 27.4 Å². The quantitative estimate of drug-likeness (QED) is 0.130. The third-order valence-electron chi connectivity index (χ3n) is 6.84. The summed E-state index contributed by atoms with van der Waals surface area (Å²) < 4.78 is 82.3. The molecule has 17 heteroatoms. The molecule has 0 radical (unpaired) electrons. The molecule has 47 heavy (non-hydrogen) atoms. The summed E-state index contributed by atoms with van der Waals surface area (Å²) >= 11 is 3.11. The smallest absolute Gasteiger partial charge is 0.354 e. The topological polar surface area (TPSA) is 111 Å². The van der Waals surface area contributed by atoms with Crippen LogP contribution in [0.25, 0.3) is 22.3 Å². The van der Waals surface area contributed by atoms with Gasteiger partial charge < -0.3 is 19.8 Å². The Labute approximate surface area is 272 Å². The molecule has 0 aliphatic heterocycles. The highest BCUT2D eigenvalue weighted by Gasteiger charge is 2.38. The Morgan fingerprint density at radius 2 is 1.11 bits per heavy atom. The van der Waals surface area contributed by atoms with Gasteiger partial charge >= 0.3 is 12.4 Å². The fraction of sp³-hybridized carbons (Fsp3) is 0.267. The lowest BCUT2D eigenvalue weighted by Crippen LogP contribution is -2.14. The van der Waals surface area contributed by atoms with Crippen LogP contribution in [-0.4, -0.2) is 52.1 Å². The molecule has 4 aromatic heterocycles. The number of nitrogens with one attached hydrogen (secondary N) is 2. The van der Waals surface area contributed by atoms with Crippen LogP contribution in [0.15, 0.2) is 71.7 Å². The highest BCUT2D eigenvalue weighted by Crippen LogP contribution is 2.34. The molecule has 10 nitrogen and oxygen atoms in total. The van der Waals surface area contributed by atoms with Crippen LogP contribution in [-0.2, 0) is 39.3 Å². The maximum Gasteiger partial charge on any atom is 0.435 e. The summed E-state index contributed by atoms with van der Waals surface area (Å²) in [6.45, 7) is 0.858. The molecule has 6 rings (SSSR count). The van der Waals surface area contributed by atoms with Crippen molar-refractivity contribution in [3.05, 3.63) is 94.2 Å². The van der Waals surface area contributed by atoms with Crippen LogP contribution < -0.4 is 10.6 Å². The molecule has 0 aliphatic rings. The summed E-state index contributed by atoms with van der Waals surface area (Å²) in [6.07, 6.45) is -6.58. The van der Waals surface area contributed by atoms with Gasteiger partial charge in [0.2, 0.25) is 11.9 Å². The molecule has 246 valence electrons. The summed E-state index contributed by atoms with van der Waals surface area (Å²) in [7, 11) is 3.18. The molecule has 0 unspecified atom stereocenters. The lowest BCUT2D eigenvalue weighted by Gasteiger charge is -2.10. The van der Waals surface area contributed by atoms with Crippen molar-refractivity contribution in [2.75, 3.05) is 23.7 Å². The van der Waals surface area contributed by atoms with Crippen molar-refractivity contribution in [1.82, 2.24) is 39.0 Å². The van der Waals surface area contributed by atoms with E-state index in [1.807, 2.05) is 60.7 Å². The van der Waals surface area contributed by atoms with Gasteiger partial charge in [0.1, 0.15) is 11.0 Å². The van der Waals surface area contributed by atoms with Gasteiger partial charge in [0.25, 0.3) is 0 Å². The van der Waals surface area contributed by atoms with Gasteiger partial charge in [-0.15, -0.1) is 0 Å². The molecule has 0 saturated heterocycles. The lowest BCUT2D eigenvalue weighted by atomic mass is 10.1. The molecule has 0 amide bonds. The van der Waals surface area contributed by atoms with E-state index in [1.54, 1.807) is 14.1 Å². The van der Waals surface area contributed by atoms with Crippen LogP contribution in [0.1, 0.15) is 22.5 Å². The second-order valence-corrected chi connectivity index (χ2v) is 11.0. The summed E-state index contributed by atoms with van der Waals surface area (Å²) in [5.41, 5.74) is -0.163. The van der Waals surface area contributed by atoms with Crippen molar-refractivity contribution >= 4 is 50.2 Å². The minimum Gasteiger partial charge on any atom is -0.354 e. The van der Waals surface area contributed by atoms with Gasteiger partial charge in [-0.3, -0.25) is 0 Å². The molecular formula is C30H27BrF6N10. The van der Waals surface area contributed by atoms with E-state index in [9.17, 15) is 26.3 Å². The molecule has 6 aromatic rings. The van der Waals surface area contributed by atoms with Crippen molar-refractivity contribution in [2.24, 2.45) is 14.1 Å². The highest BCUT2D eigenvalue weighted by atomic mass is 79.9. The highest BCUT2D eigenvalue weighted by molar-refractivity contribution is 9.10. The number of fused-ring (bicyclic) bond motifs is 2. The second-order valence-electron chi connectivity index (χ2n) is 10.3. The van der Waals surface area contributed by atoms with Gasteiger partial charge in [0, 0.05) is 27.2 Å². The first-order valence-corrected chi connectivity index (χ1v) is 14.9. The number of anilines is 2.